The lowest BCUT2D eigenvalue weighted by atomic mass is 10.2. The average molecular weight is 413 g/mol. The number of carbonyl (C=O) groups excluding carboxylic acids is 3. The van der Waals surface area contributed by atoms with Gasteiger partial charge in [0.15, 0.2) is 6.10 Å². The highest BCUT2D eigenvalue weighted by molar-refractivity contribution is 7.99. The maximum absolute atomic E-state index is 11.9. The van der Waals surface area contributed by atoms with Gasteiger partial charge in [-0.15, -0.1) is 23.1 Å². The number of carbonyl (C=O) groups is 3. The van der Waals surface area contributed by atoms with Gasteiger partial charge in [-0.3, -0.25) is 25.2 Å². The molecule has 0 aliphatic carbocycles. The smallest absolute Gasteiger partial charge is 0.316 e. The van der Waals surface area contributed by atoms with Crippen LogP contribution in [0.1, 0.15) is 22.2 Å². The van der Waals surface area contributed by atoms with Crippen molar-refractivity contribution in [3.05, 3.63) is 57.2 Å². The molecule has 0 fully saturated rings. The average Bonchev–Trinajstić information content (AvgIpc) is 3.05. The van der Waals surface area contributed by atoms with E-state index in [0.717, 1.165) is 4.88 Å². The summed E-state index contributed by atoms with van der Waals surface area (Å²) < 4.78 is 5.75. The number of rotatable bonds is 7. The zero-order valence-electron chi connectivity index (χ0n) is 13.9. The van der Waals surface area contributed by atoms with Crippen LogP contribution in [0.3, 0.4) is 0 Å². The number of hydrazine groups is 1. The summed E-state index contributed by atoms with van der Waals surface area (Å²) in [6.07, 6.45) is -1.02. The molecule has 0 unspecified atom stereocenters. The third-order valence-electron chi connectivity index (χ3n) is 3.11. The molecule has 0 spiro atoms. The number of amides is 2. The van der Waals surface area contributed by atoms with Crippen LogP contribution in [0.4, 0.5) is 0 Å². The molecule has 2 amide bonds. The van der Waals surface area contributed by atoms with Crippen molar-refractivity contribution in [3.8, 4) is 0 Å². The Kier molecular flexibility index (Phi) is 7.96. The number of hydrogen-bond donors (Lipinski definition) is 2. The fraction of sp³-hybridized carbons (Fsp3) is 0.235. The van der Waals surface area contributed by atoms with Gasteiger partial charge >= 0.3 is 5.97 Å². The number of esters is 1. The van der Waals surface area contributed by atoms with Gasteiger partial charge < -0.3 is 4.74 Å². The summed E-state index contributed by atoms with van der Waals surface area (Å²) in [4.78, 5) is 36.6. The van der Waals surface area contributed by atoms with Gasteiger partial charge in [-0.25, -0.2) is 0 Å². The Balaban J connectivity index is 1.67. The van der Waals surface area contributed by atoms with E-state index in [9.17, 15) is 14.4 Å². The number of halogens is 1. The van der Waals surface area contributed by atoms with Crippen molar-refractivity contribution in [1.82, 2.24) is 10.9 Å². The van der Waals surface area contributed by atoms with Gasteiger partial charge in [0.05, 0.1) is 10.1 Å². The predicted octanol–water partition coefficient (Wildman–Crippen LogP) is 3.03. The van der Waals surface area contributed by atoms with Crippen molar-refractivity contribution in [2.24, 2.45) is 0 Å². The maximum Gasteiger partial charge on any atom is 0.316 e. The van der Waals surface area contributed by atoms with Crippen LogP contribution < -0.4 is 10.9 Å². The minimum absolute atomic E-state index is 0.115. The molecule has 0 saturated heterocycles. The molecule has 0 radical (unpaired) electrons. The monoisotopic (exact) mass is 412 g/mol. The first kappa shape index (κ1) is 20.3. The fourth-order valence-corrected chi connectivity index (χ4v) is 3.83. The van der Waals surface area contributed by atoms with Gasteiger partial charge in [0, 0.05) is 16.2 Å². The normalized spacial score (nSPS) is 11.5. The van der Waals surface area contributed by atoms with E-state index < -0.39 is 23.9 Å². The number of hydrogen-bond acceptors (Lipinski definition) is 6. The van der Waals surface area contributed by atoms with Gasteiger partial charge in [-0.2, -0.15) is 0 Å². The molecular weight excluding hydrogens is 396 g/mol. The number of thioether (sulfide) groups is 1. The molecule has 1 aromatic carbocycles. The van der Waals surface area contributed by atoms with Gasteiger partial charge in [0.25, 0.3) is 11.8 Å². The minimum Gasteiger partial charge on any atom is -0.452 e. The fourth-order valence-electron chi connectivity index (χ4n) is 1.83. The van der Waals surface area contributed by atoms with E-state index in [1.807, 2.05) is 6.07 Å². The van der Waals surface area contributed by atoms with Crippen LogP contribution in [0.2, 0.25) is 4.34 Å². The van der Waals surface area contributed by atoms with E-state index in [0.29, 0.717) is 15.7 Å². The number of benzene rings is 1. The summed E-state index contributed by atoms with van der Waals surface area (Å²) in [5.74, 6) is -0.820. The molecule has 1 atom stereocenters. The lowest BCUT2D eigenvalue weighted by molar-refractivity contribution is -0.152. The Morgan fingerprint density at radius 2 is 1.88 bits per heavy atom. The minimum atomic E-state index is -1.02. The SMILES string of the molecule is C[C@@H](OC(=O)CSCc1ccc(Cl)s1)C(=O)NNC(=O)c1ccccc1. The third-order valence-corrected chi connectivity index (χ3v) is 5.47. The highest BCUT2D eigenvalue weighted by Crippen LogP contribution is 2.25. The summed E-state index contributed by atoms with van der Waals surface area (Å²) in [6.45, 7) is 1.44. The molecule has 0 saturated carbocycles. The van der Waals surface area contributed by atoms with Crippen LogP contribution in [0.15, 0.2) is 42.5 Å². The molecule has 2 rings (SSSR count). The van der Waals surface area contributed by atoms with Crippen molar-refractivity contribution >= 4 is 52.5 Å². The zero-order chi connectivity index (χ0) is 18.9. The summed E-state index contributed by atoms with van der Waals surface area (Å²) in [5.41, 5.74) is 4.91. The molecule has 0 aliphatic heterocycles. The molecule has 2 N–H and O–H groups in total. The van der Waals surface area contributed by atoms with E-state index in [1.54, 1.807) is 36.4 Å². The summed E-state index contributed by atoms with van der Waals surface area (Å²) in [7, 11) is 0. The van der Waals surface area contributed by atoms with Gasteiger partial charge in [0.2, 0.25) is 0 Å². The first-order valence-corrected chi connectivity index (χ1v) is 9.97. The number of thiophene rings is 1. The van der Waals surface area contributed by atoms with E-state index in [2.05, 4.69) is 10.9 Å². The van der Waals surface area contributed by atoms with Crippen LogP contribution in [-0.2, 0) is 20.1 Å². The van der Waals surface area contributed by atoms with Crippen molar-refractivity contribution in [3.63, 3.8) is 0 Å². The van der Waals surface area contributed by atoms with Crippen LogP contribution in [0.5, 0.6) is 0 Å². The largest absolute Gasteiger partial charge is 0.452 e. The standard InChI is InChI=1S/C17H17ClN2O4S2/c1-11(16(22)19-20-17(23)12-5-3-2-4-6-12)24-15(21)10-25-9-13-7-8-14(18)26-13/h2-8,11H,9-10H2,1H3,(H,19,22)(H,20,23)/t11-/m1/s1. The quantitative estimate of drug-likeness (QED) is 0.539. The maximum atomic E-state index is 11.9. The molecular formula is C17H17ClN2O4S2. The van der Waals surface area contributed by atoms with Gasteiger partial charge in [-0.1, -0.05) is 29.8 Å². The molecule has 0 bridgehead atoms. The van der Waals surface area contributed by atoms with Crippen molar-refractivity contribution in [2.75, 3.05) is 5.75 Å². The zero-order valence-corrected chi connectivity index (χ0v) is 16.2. The number of nitrogens with one attached hydrogen (secondary N) is 2. The lowest BCUT2D eigenvalue weighted by Gasteiger charge is -2.14. The molecule has 6 nitrogen and oxygen atoms in total. The first-order valence-electron chi connectivity index (χ1n) is 7.62. The van der Waals surface area contributed by atoms with E-state index >= 15 is 0 Å². The van der Waals surface area contributed by atoms with Crippen LogP contribution >= 0.6 is 34.7 Å². The highest BCUT2D eigenvalue weighted by Gasteiger charge is 2.18. The molecule has 26 heavy (non-hydrogen) atoms. The lowest BCUT2D eigenvalue weighted by Crippen LogP contribution is -2.46. The Morgan fingerprint density at radius 3 is 2.54 bits per heavy atom. The second-order valence-electron chi connectivity index (χ2n) is 5.14. The van der Waals surface area contributed by atoms with Crippen molar-refractivity contribution < 1.29 is 19.1 Å². The highest BCUT2D eigenvalue weighted by atomic mass is 35.5. The van der Waals surface area contributed by atoms with Crippen LogP contribution in [0, 0.1) is 0 Å². The summed E-state index contributed by atoms with van der Waals surface area (Å²) in [5, 5.41) is 0. The Bertz CT molecular complexity index is 767. The molecule has 138 valence electrons. The summed E-state index contributed by atoms with van der Waals surface area (Å²) >= 11 is 8.67. The number of ether oxygens (including phenoxy) is 1. The third kappa shape index (κ3) is 6.70. The topological polar surface area (TPSA) is 84.5 Å². The molecule has 2 aromatic rings. The predicted molar refractivity (Wildman–Crippen MR) is 103 cm³/mol. The second-order valence-corrected chi connectivity index (χ2v) is 7.93. The summed E-state index contributed by atoms with van der Waals surface area (Å²) in [6, 6.07) is 12.1. The molecule has 9 heteroatoms. The first-order chi connectivity index (χ1) is 12.5. The second kappa shape index (κ2) is 10.2. The van der Waals surface area contributed by atoms with Gasteiger partial charge in [0.1, 0.15) is 0 Å². The van der Waals surface area contributed by atoms with E-state index in [1.165, 1.54) is 30.0 Å². The van der Waals surface area contributed by atoms with E-state index in [4.69, 9.17) is 16.3 Å². The van der Waals surface area contributed by atoms with Gasteiger partial charge in [-0.05, 0) is 31.2 Å². The Hall–Kier alpha value is -2.03. The van der Waals surface area contributed by atoms with Crippen molar-refractivity contribution in [2.45, 2.75) is 18.8 Å². The van der Waals surface area contributed by atoms with Crippen molar-refractivity contribution in [1.29, 1.82) is 0 Å². The molecule has 1 aromatic heterocycles. The van der Waals surface area contributed by atoms with E-state index in [-0.39, 0.29) is 5.75 Å². The molecule has 1 heterocycles. The van der Waals surface area contributed by atoms with Crippen LogP contribution in [-0.4, -0.2) is 29.6 Å². The Morgan fingerprint density at radius 1 is 1.15 bits per heavy atom. The Labute approximate surface area is 164 Å². The van der Waals surface area contributed by atoms with Crippen LogP contribution in [0.25, 0.3) is 0 Å². The molecule has 0 aliphatic rings.